The smallest absolute Gasteiger partial charge is 0.0724 e. The molecule has 2 aromatic rings. The summed E-state index contributed by atoms with van der Waals surface area (Å²) in [6.07, 6.45) is 0. The van der Waals surface area contributed by atoms with Gasteiger partial charge in [-0.2, -0.15) is 0 Å². The molecule has 0 saturated carbocycles. The minimum Gasteiger partial charge on any atom is -0.0736 e. The van der Waals surface area contributed by atoms with Crippen LogP contribution in [0.1, 0.15) is 0 Å². The van der Waals surface area contributed by atoms with Gasteiger partial charge in [-0.25, -0.2) is 0 Å². The fourth-order valence-electron chi connectivity index (χ4n) is 1.26. The second-order valence-corrected chi connectivity index (χ2v) is 4.89. The van der Waals surface area contributed by atoms with Gasteiger partial charge in [0.05, 0.1) is 8.40 Å². The fourth-order valence-corrected chi connectivity index (χ4v) is 2.97. The molecule has 0 saturated heterocycles. The summed E-state index contributed by atoms with van der Waals surface area (Å²) in [7, 11) is -0.518. The van der Waals surface area contributed by atoms with E-state index in [1.807, 2.05) is 0 Å². The molecule has 2 rings (SSSR count). The van der Waals surface area contributed by atoms with Gasteiger partial charge in [0.25, 0.3) is 0 Å². The zero-order valence-corrected chi connectivity index (χ0v) is 7.77. The van der Waals surface area contributed by atoms with E-state index < -0.39 is 8.40 Å². The van der Waals surface area contributed by atoms with Crippen LogP contribution in [0.15, 0.2) is 59.9 Å². The summed E-state index contributed by atoms with van der Waals surface area (Å²) in [5.41, 5.74) is 4.61. The predicted octanol–water partition coefficient (Wildman–Crippen LogP) is 2.70. The zero-order chi connectivity index (χ0) is 8.23. The Morgan fingerprint density at radius 1 is 0.667 bits per heavy atom. The van der Waals surface area contributed by atoms with Crippen molar-refractivity contribution in [2.75, 3.05) is 0 Å². The van der Waals surface area contributed by atoms with Crippen LogP contribution in [0.4, 0.5) is 0 Å². The summed E-state index contributed by atoms with van der Waals surface area (Å²) >= 11 is 0. The molecule has 0 aliphatic rings. The lowest BCUT2D eigenvalue weighted by molar-refractivity contribution is 1.74. The molecule has 0 aliphatic heterocycles. The maximum absolute atomic E-state index is 2.31. The zero-order valence-electron chi connectivity index (χ0n) is 6.77. The van der Waals surface area contributed by atoms with Gasteiger partial charge in [0.15, 0.2) is 0 Å². The van der Waals surface area contributed by atoms with Crippen LogP contribution in [0.25, 0.3) is 5.19 Å². The van der Waals surface area contributed by atoms with Crippen molar-refractivity contribution in [1.29, 1.82) is 0 Å². The molecule has 0 amide bonds. The molecular formula is C11H10Si. The van der Waals surface area contributed by atoms with Gasteiger partial charge in [0.1, 0.15) is 0 Å². The van der Waals surface area contributed by atoms with Crippen LogP contribution in [-0.2, 0) is 0 Å². The molecule has 0 nitrogen and oxygen atoms in total. The van der Waals surface area contributed by atoms with Crippen molar-refractivity contribution < 1.29 is 0 Å². The molecule has 58 valence electrons. The maximum Gasteiger partial charge on any atom is 0.0724 e. The van der Waals surface area contributed by atoms with E-state index in [0.717, 1.165) is 0 Å². The SMILES string of the molecule is c1ccc(-[si]2ccccc2)cc1. The molecule has 0 fully saturated rings. The molecule has 0 aliphatic carbocycles. The molecule has 1 heterocycles. The van der Waals surface area contributed by atoms with Crippen molar-refractivity contribution in [3.05, 3.63) is 59.9 Å². The third-order valence-corrected chi connectivity index (χ3v) is 3.98. The van der Waals surface area contributed by atoms with Gasteiger partial charge < -0.3 is 0 Å². The molecular weight excluding hydrogens is 160 g/mol. The van der Waals surface area contributed by atoms with Gasteiger partial charge >= 0.3 is 0 Å². The van der Waals surface area contributed by atoms with Crippen LogP contribution in [0.2, 0.25) is 0 Å². The molecule has 0 N–H and O–H groups in total. The number of hydrogen-bond acceptors (Lipinski definition) is 0. The quantitative estimate of drug-likeness (QED) is 0.577. The monoisotopic (exact) mass is 170 g/mol. The Morgan fingerprint density at radius 3 is 1.92 bits per heavy atom. The van der Waals surface area contributed by atoms with Crippen molar-refractivity contribution in [2.45, 2.75) is 0 Å². The summed E-state index contributed by atoms with van der Waals surface area (Å²) in [6, 6.07) is 17.0. The van der Waals surface area contributed by atoms with Crippen LogP contribution >= 0.6 is 0 Å². The minimum absolute atomic E-state index is 0.518. The van der Waals surface area contributed by atoms with Crippen molar-refractivity contribution in [1.82, 2.24) is 0 Å². The van der Waals surface area contributed by atoms with Crippen LogP contribution < -0.4 is 0 Å². The van der Waals surface area contributed by atoms with Gasteiger partial charge in [-0.3, -0.25) is 0 Å². The first-order chi connectivity index (χ1) is 5.97. The molecule has 1 aromatic carbocycles. The Hall–Kier alpha value is -1.21. The molecule has 1 heteroatoms. The average Bonchev–Trinajstić information content (AvgIpc) is 2.21. The van der Waals surface area contributed by atoms with Crippen LogP contribution in [-0.4, -0.2) is 8.40 Å². The van der Waals surface area contributed by atoms with E-state index in [1.165, 1.54) is 5.19 Å². The summed E-state index contributed by atoms with van der Waals surface area (Å²) in [5.74, 6) is 0. The van der Waals surface area contributed by atoms with Crippen LogP contribution in [0.5, 0.6) is 0 Å². The normalized spacial score (nSPS) is 9.67. The Balaban J connectivity index is 2.46. The van der Waals surface area contributed by atoms with Crippen molar-refractivity contribution >= 4 is 8.40 Å². The average molecular weight is 170 g/mol. The minimum atomic E-state index is -0.518. The summed E-state index contributed by atoms with van der Waals surface area (Å²) in [6.45, 7) is 0. The van der Waals surface area contributed by atoms with Gasteiger partial charge in [-0.1, -0.05) is 59.9 Å². The molecule has 12 heavy (non-hydrogen) atoms. The van der Waals surface area contributed by atoms with Gasteiger partial charge in [0.2, 0.25) is 0 Å². The highest BCUT2D eigenvalue weighted by atomic mass is 28.2. The summed E-state index contributed by atoms with van der Waals surface area (Å²) in [5, 5.41) is 1.46. The number of hydrogen-bond donors (Lipinski definition) is 0. The van der Waals surface area contributed by atoms with Crippen LogP contribution in [0.3, 0.4) is 0 Å². The molecule has 1 aromatic heterocycles. The Kier molecular flexibility index (Phi) is 2.14. The van der Waals surface area contributed by atoms with E-state index in [4.69, 9.17) is 0 Å². The maximum atomic E-state index is 2.31. The Labute approximate surface area is 74.0 Å². The van der Waals surface area contributed by atoms with E-state index in [2.05, 4.69) is 59.9 Å². The highest BCUT2D eigenvalue weighted by molar-refractivity contribution is 6.63. The lowest BCUT2D eigenvalue weighted by atomic mass is 10.4. The highest BCUT2D eigenvalue weighted by Gasteiger charge is 1.93. The third kappa shape index (κ3) is 1.51. The lowest BCUT2D eigenvalue weighted by Gasteiger charge is -1.97. The van der Waals surface area contributed by atoms with Crippen molar-refractivity contribution in [3.63, 3.8) is 0 Å². The Bertz CT molecular complexity index is 302. The van der Waals surface area contributed by atoms with E-state index >= 15 is 0 Å². The van der Waals surface area contributed by atoms with Crippen LogP contribution in [0, 0.1) is 0 Å². The fraction of sp³-hybridized carbons (Fsp3) is 0. The molecule has 0 radical (unpaired) electrons. The van der Waals surface area contributed by atoms with Crippen molar-refractivity contribution in [3.8, 4) is 5.19 Å². The predicted molar refractivity (Wildman–Crippen MR) is 53.7 cm³/mol. The second kappa shape index (κ2) is 3.46. The first kappa shape index (κ1) is 7.44. The lowest BCUT2D eigenvalue weighted by Crippen LogP contribution is -1.93. The van der Waals surface area contributed by atoms with Gasteiger partial charge in [0, 0.05) is 0 Å². The van der Waals surface area contributed by atoms with E-state index in [0.29, 0.717) is 0 Å². The summed E-state index contributed by atoms with van der Waals surface area (Å²) in [4.78, 5) is 0. The number of rotatable bonds is 1. The number of benzene rings is 1. The van der Waals surface area contributed by atoms with E-state index in [1.54, 1.807) is 0 Å². The van der Waals surface area contributed by atoms with Crippen molar-refractivity contribution in [2.24, 2.45) is 0 Å². The Morgan fingerprint density at radius 2 is 1.25 bits per heavy atom. The molecule has 0 bridgehead atoms. The molecule has 0 unspecified atom stereocenters. The first-order valence-electron chi connectivity index (χ1n) is 4.07. The topological polar surface area (TPSA) is 0 Å². The van der Waals surface area contributed by atoms with Gasteiger partial charge in [-0.05, 0) is 5.19 Å². The van der Waals surface area contributed by atoms with E-state index in [9.17, 15) is 0 Å². The molecule has 0 spiro atoms. The standard InChI is InChI=1S/C11H10Si/c1-3-7-11(8-4-1)12-9-5-2-6-10-12/h1-10H. The molecule has 0 atom stereocenters. The van der Waals surface area contributed by atoms with Gasteiger partial charge in [-0.15, -0.1) is 0 Å². The second-order valence-electron chi connectivity index (χ2n) is 2.73. The first-order valence-corrected chi connectivity index (χ1v) is 5.73. The summed E-state index contributed by atoms with van der Waals surface area (Å²) < 4.78 is 0. The van der Waals surface area contributed by atoms with E-state index in [-0.39, 0.29) is 0 Å². The third-order valence-electron chi connectivity index (χ3n) is 1.88. The highest BCUT2D eigenvalue weighted by Crippen LogP contribution is 2.04. The largest absolute Gasteiger partial charge is 0.0736 e.